The van der Waals surface area contributed by atoms with Crippen molar-refractivity contribution in [2.24, 2.45) is 17.8 Å². The Morgan fingerprint density at radius 1 is 0.520 bits per heavy atom. The van der Waals surface area contributed by atoms with Crippen LogP contribution >= 0.6 is 0 Å². The van der Waals surface area contributed by atoms with Gasteiger partial charge in [-0.05, 0) is 106 Å². The van der Waals surface area contributed by atoms with Gasteiger partial charge in [-0.15, -0.1) is 0 Å². The third-order valence-electron chi connectivity index (χ3n) is 11.9. The number of rotatable bonds is 5. The van der Waals surface area contributed by atoms with Crippen LogP contribution in [0.25, 0.3) is 71.7 Å². The maximum atomic E-state index is 7.40. The Bertz CT molecular complexity index is 2420. The summed E-state index contributed by atoms with van der Waals surface area (Å²) in [5.41, 5.74) is 7.78. The Balaban J connectivity index is 1.14. The van der Waals surface area contributed by atoms with E-state index in [0.717, 1.165) is 39.8 Å². The van der Waals surface area contributed by atoms with Gasteiger partial charge < -0.3 is 0 Å². The number of fused-ring (bicyclic) bond motifs is 2. The van der Waals surface area contributed by atoms with Crippen LogP contribution in [-0.2, 0) is 5.41 Å². The Morgan fingerprint density at radius 3 is 1.78 bits per heavy atom. The van der Waals surface area contributed by atoms with Gasteiger partial charge in [-0.1, -0.05) is 121 Å². The van der Waals surface area contributed by atoms with Crippen LogP contribution in [0, 0.1) is 24.3 Å². The molecule has 50 heavy (non-hydrogen) atoms. The van der Waals surface area contributed by atoms with Crippen molar-refractivity contribution in [2.75, 3.05) is 0 Å². The van der Waals surface area contributed by atoms with Crippen molar-refractivity contribution < 1.29 is 0 Å². The van der Waals surface area contributed by atoms with Crippen LogP contribution in [0.2, 0.25) is 0 Å². The molecule has 4 aliphatic rings. The molecule has 4 heteroatoms. The van der Waals surface area contributed by atoms with Gasteiger partial charge in [0, 0.05) is 16.7 Å². The summed E-state index contributed by atoms with van der Waals surface area (Å²) in [6, 6.07) is 44.8. The molecule has 0 radical (unpaired) electrons. The van der Waals surface area contributed by atoms with Crippen molar-refractivity contribution >= 4 is 27.2 Å². The Labute approximate surface area is 292 Å². The van der Waals surface area contributed by atoms with E-state index in [2.05, 4.69) is 77.6 Å². The molecule has 4 fully saturated rings. The molecule has 1 heterocycles. The molecule has 0 unspecified atom stereocenters. The standard InChI is InChI=1S/C46H36N4/c1-47-37-20-16-34(17-21-37)44-48-43(33-8-3-2-4-9-33)49-45(50-44)40-13-7-12-39-41(40)25-35-10-5-6-11-38(35)42(39)32-14-18-36(19-15-32)46-26-29-22-30(27-46)24-31(23-29)28-46/h2-21,25,29-31H,22-24,26-28H2. The highest BCUT2D eigenvalue weighted by Gasteiger charge is 2.51. The van der Waals surface area contributed by atoms with Crippen LogP contribution < -0.4 is 0 Å². The van der Waals surface area contributed by atoms with E-state index >= 15 is 0 Å². The number of hydrogen-bond acceptors (Lipinski definition) is 3. The predicted molar refractivity (Wildman–Crippen MR) is 203 cm³/mol. The summed E-state index contributed by atoms with van der Waals surface area (Å²) in [6.45, 7) is 7.40. The molecule has 1 aromatic heterocycles. The molecule has 11 rings (SSSR count). The minimum absolute atomic E-state index is 0.379. The van der Waals surface area contributed by atoms with Crippen LogP contribution in [0.3, 0.4) is 0 Å². The number of hydrogen-bond donors (Lipinski definition) is 0. The lowest BCUT2D eigenvalue weighted by molar-refractivity contribution is -0.00518. The van der Waals surface area contributed by atoms with E-state index in [0.29, 0.717) is 28.6 Å². The number of aromatic nitrogens is 3. The third-order valence-corrected chi connectivity index (χ3v) is 11.9. The Hall–Kier alpha value is -5.66. The monoisotopic (exact) mass is 644 g/mol. The molecule has 4 saturated carbocycles. The maximum absolute atomic E-state index is 7.40. The van der Waals surface area contributed by atoms with Gasteiger partial charge in [0.1, 0.15) is 0 Å². The van der Waals surface area contributed by atoms with E-state index in [9.17, 15) is 0 Å². The highest BCUT2D eigenvalue weighted by atomic mass is 15.0. The second-order valence-corrected chi connectivity index (χ2v) is 15.0. The predicted octanol–water partition coefficient (Wildman–Crippen LogP) is 11.9. The van der Waals surface area contributed by atoms with Crippen molar-refractivity contribution in [1.29, 1.82) is 0 Å². The third kappa shape index (κ3) is 4.83. The molecule has 6 aromatic carbocycles. The summed E-state index contributed by atoms with van der Waals surface area (Å²) in [5.74, 6) is 4.63. The molecular weight excluding hydrogens is 609 g/mol. The fraction of sp³-hybridized carbons (Fsp3) is 0.217. The number of nitrogens with zero attached hydrogens (tertiary/aromatic N) is 4. The van der Waals surface area contributed by atoms with Crippen LogP contribution in [-0.4, -0.2) is 15.0 Å². The molecule has 0 N–H and O–H groups in total. The second-order valence-electron chi connectivity index (χ2n) is 15.0. The zero-order chi connectivity index (χ0) is 33.2. The van der Waals surface area contributed by atoms with Crippen molar-refractivity contribution in [3.8, 4) is 45.3 Å². The van der Waals surface area contributed by atoms with Gasteiger partial charge >= 0.3 is 0 Å². The molecule has 0 spiro atoms. The quantitative estimate of drug-likeness (QED) is 0.138. The topological polar surface area (TPSA) is 43.0 Å². The molecule has 0 amide bonds. The Kier molecular flexibility index (Phi) is 6.71. The summed E-state index contributed by atoms with van der Waals surface area (Å²) >= 11 is 0. The zero-order valence-corrected chi connectivity index (χ0v) is 27.9. The normalized spacial score (nSPS) is 22.2. The Morgan fingerprint density at radius 2 is 1.10 bits per heavy atom. The van der Waals surface area contributed by atoms with Gasteiger partial charge in [-0.2, -0.15) is 0 Å². The van der Waals surface area contributed by atoms with Gasteiger partial charge in [0.2, 0.25) is 0 Å². The summed E-state index contributed by atoms with van der Waals surface area (Å²) in [4.78, 5) is 18.7. The van der Waals surface area contributed by atoms with E-state index in [4.69, 9.17) is 21.5 Å². The highest BCUT2D eigenvalue weighted by molar-refractivity contribution is 6.15. The van der Waals surface area contributed by atoms with E-state index in [1.54, 1.807) is 5.56 Å². The lowest BCUT2D eigenvalue weighted by atomic mass is 9.48. The highest BCUT2D eigenvalue weighted by Crippen LogP contribution is 2.60. The van der Waals surface area contributed by atoms with Crippen LogP contribution in [0.4, 0.5) is 5.69 Å². The van der Waals surface area contributed by atoms with Gasteiger partial charge in [-0.3, -0.25) is 0 Å². The van der Waals surface area contributed by atoms with Gasteiger partial charge in [0.15, 0.2) is 23.2 Å². The average molecular weight is 645 g/mol. The fourth-order valence-electron chi connectivity index (χ4n) is 10.1. The fourth-order valence-corrected chi connectivity index (χ4v) is 10.1. The zero-order valence-electron chi connectivity index (χ0n) is 27.9. The van der Waals surface area contributed by atoms with Gasteiger partial charge in [0.25, 0.3) is 0 Å². The van der Waals surface area contributed by atoms with E-state index in [1.165, 1.54) is 65.8 Å². The second kappa shape index (κ2) is 11.5. The molecule has 7 aromatic rings. The molecule has 4 aliphatic carbocycles. The summed E-state index contributed by atoms with van der Waals surface area (Å²) in [6.07, 6.45) is 8.52. The van der Waals surface area contributed by atoms with Crippen molar-refractivity contribution in [3.05, 3.63) is 144 Å². The first-order valence-corrected chi connectivity index (χ1v) is 18.0. The van der Waals surface area contributed by atoms with Crippen molar-refractivity contribution in [1.82, 2.24) is 15.0 Å². The smallest absolute Gasteiger partial charge is 0.187 e. The summed E-state index contributed by atoms with van der Waals surface area (Å²) < 4.78 is 0. The maximum Gasteiger partial charge on any atom is 0.187 e. The number of benzene rings is 6. The van der Waals surface area contributed by atoms with Gasteiger partial charge in [-0.25, -0.2) is 19.8 Å². The minimum atomic E-state index is 0.379. The largest absolute Gasteiger partial charge is 0.238 e. The summed E-state index contributed by atoms with van der Waals surface area (Å²) in [7, 11) is 0. The molecule has 0 saturated heterocycles. The SMILES string of the molecule is [C-]#[N+]c1ccc(-c2nc(-c3ccccc3)nc(-c3cccc4c(-c5ccc(C67CC8CC(CC(C8)C6)C7)cc5)c5ccccc5cc34)n2)cc1. The molecule has 0 atom stereocenters. The van der Waals surface area contributed by atoms with Gasteiger partial charge in [0.05, 0.1) is 6.57 Å². The van der Waals surface area contributed by atoms with E-state index in [-0.39, 0.29) is 0 Å². The van der Waals surface area contributed by atoms with E-state index < -0.39 is 0 Å². The van der Waals surface area contributed by atoms with Crippen LogP contribution in [0.1, 0.15) is 44.1 Å². The molecular formula is C46H36N4. The first kappa shape index (κ1) is 29.3. The molecule has 4 bridgehead atoms. The molecule has 0 aliphatic heterocycles. The van der Waals surface area contributed by atoms with Crippen molar-refractivity contribution in [2.45, 2.75) is 43.9 Å². The molecule has 240 valence electrons. The van der Waals surface area contributed by atoms with Crippen molar-refractivity contribution in [3.63, 3.8) is 0 Å². The van der Waals surface area contributed by atoms with E-state index in [1.807, 2.05) is 54.6 Å². The molecule has 4 nitrogen and oxygen atoms in total. The average Bonchev–Trinajstić information content (AvgIpc) is 3.16. The summed E-state index contributed by atoms with van der Waals surface area (Å²) in [5, 5.41) is 4.75. The lowest BCUT2D eigenvalue weighted by Gasteiger charge is -2.57. The van der Waals surface area contributed by atoms with Crippen LogP contribution in [0.5, 0.6) is 0 Å². The minimum Gasteiger partial charge on any atom is -0.238 e. The first-order valence-electron chi connectivity index (χ1n) is 18.0. The lowest BCUT2D eigenvalue weighted by Crippen LogP contribution is -2.48. The van der Waals surface area contributed by atoms with Crippen LogP contribution in [0.15, 0.2) is 127 Å². The first-order chi connectivity index (χ1) is 24.6.